The van der Waals surface area contributed by atoms with E-state index in [1.165, 1.54) is 11.6 Å². The zero-order valence-electron chi connectivity index (χ0n) is 12.4. The van der Waals surface area contributed by atoms with Crippen LogP contribution in [0.5, 0.6) is 0 Å². The Kier molecular flexibility index (Phi) is 5.43. The Hall–Kier alpha value is -1.32. The van der Waals surface area contributed by atoms with E-state index in [0.717, 1.165) is 5.32 Å². The van der Waals surface area contributed by atoms with Crippen molar-refractivity contribution < 1.29 is 19.1 Å². The molecule has 1 fully saturated rings. The molecule has 1 aliphatic heterocycles. The molecule has 0 N–H and O–H groups in total. The molecule has 4 nitrogen and oxygen atoms in total. The van der Waals surface area contributed by atoms with Crippen molar-refractivity contribution in [2.24, 2.45) is 17.8 Å². The topological polar surface area (TPSA) is 52.6 Å². The van der Waals surface area contributed by atoms with Crippen molar-refractivity contribution in [3.05, 3.63) is 30.3 Å². The molecular weight excluding hydrogens is 335 g/mol. The van der Waals surface area contributed by atoms with Crippen molar-refractivity contribution in [2.45, 2.75) is 25.3 Å². The molecule has 114 valence electrons. The van der Waals surface area contributed by atoms with Gasteiger partial charge in [0.2, 0.25) is 0 Å². The van der Waals surface area contributed by atoms with E-state index in [9.17, 15) is 9.59 Å². The first-order valence-corrected chi connectivity index (χ1v) is 9.07. The molecule has 2 rings (SSSR count). The van der Waals surface area contributed by atoms with Gasteiger partial charge in [-0.2, -0.15) is 0 Å². The van der Waals surface area contributed by atoms with Gasteiger partial charge in [-0.25, -0.2) is 0 Å². The maximum absolute atomic E-state index is 12.1. The van der Waals surface area contributed by atoms with Crippen LogP contribution in [0.3, 0.4) is 0 Å². The molecule has 0 amide bonds. The first-order chi connectivity index (χ1) is 10.0. The van der Waals surface area contributed by atoms with Gasteiger partial charge in [-0.3, -0.25) is 0 Å². The molecule has 4 atom stereocenters. The van der Waals surface area contributed by atoms with Crippen LogP contribution in [0.25, 0.3) is 0 Å². The van der Waals surface area contributed by atoms with Crippen LogP contribution in [0.4, 0.5) is 0 Å². The normalized spacial score (nSPS) is 28.8. The Morgan fingerprint density at radius 2 is 1.95 bits per heavy atom. The predicted octanol–water partition coefficient (Wildman–Crippen LogP) is 1.42. The molecule has 0 bridgehead atoms. The number of cyclic esters (lactones) is 1. The molecule has 0 aromatic heterocycles. The number of benzene rings is 1. The Morgan fingerprint density at radius 3 is 2.57 bits per heavy atom. The molecule has 5 heteroatoms. The fraction of sp³-hybridized carbons (Fsp3) is 0.500. The maximum atomic E-state index is 12.1. The number of ether oxygens (including phenoxy) is 2. The van der Waals surface area contributed by atoms with Gasteiger partial charge < -0.3 is 0 Å². The predicted molar refractivity (Wildman–Crippen MR) is 80.4 cm³/mol. The van der Waals surface area contributed by atoms with Gasteiger partial charge in [0.05, 0.1) is 0 Å². The van der Waals surface area contributed by atoms with Gasteiger partial charge in [0.15, 0.2) is 0 Å². The van der Waals surface area contributed by atoms with Crippen LogP contribution < -0.4 is 4.46 Å². The standard InChI is InChI=1S/C16H20O4Se/c1-10-11(2)20-16(18)14(15(17)19-3)13(10)9-21-12-7-5-4-6-8-12/h4-8,10-11,13-14H,9H2,1-3H3/t10-,11+,13?,14?/m0/s1. The second-order valence-corrected chi connectivity index (χ2v) is 7.58. The number of methoxy groups -OCH3 is 1. The summed E-state index contributed by atoms with van der Waals surface area (Å²) in [4.78, 5) is 24.0. The van der Waals surface area contributed by atoms with Gasteiger partial charge in [0.25, 0.3) is 0 Å². The summed E-state index contributed by atoms with van der Waals surface area (Å²) in [6, 6.07) is 10.2. The van der Waals surface area contributed by atoms with Crippen molar-refractivity contribution in [3.63, 3.8) is 0 Å². The van der Waals surface area contributed by atoms with Gasteiger partial charge >= 0.3 is 131 Å². The summed E-state index contributed by atoms with van der Waals surface area (Å²) in [5.74, 6) is -1.58. The fourth-order valence-electron chi connectivity index (χ4n) is 2.55. The third-order valence-electron chi connectivity index (χ3n) is 4.04. The van der Waals surface area contributed by atoms with Gasteiger partial charge in [-0.15, -0.1) is 0 Å². The second-order valence-electron chi connectivity index (χ2n) is 5.29. The summed E-state index contributed by atoms with van der Waals surface area (Å²) in [6.45, 7) is 3.93. The van der Waals surface area contributed by atoms with Crippen molar-refractivity contribution in [1.29, 1.82) is 0 Å². The molecule has 1 aliphatic rings. The van der Waals surface area contributed by atoms with E-state index in [1.807, 2.05) is 32.0 Å². The van der Waals surface area contributed by atoms with Crippen LogP contribution in [0.2, 0.25) is 5.32 Å². The van der Waals surface area contributed by atoms with E-state index in [4.69, 9.17) is 9.47 Å². The van der Waals surface area contributed by atoms with Crippen molar-refractivity contribution in [3.8, 4) is 0 Å². The van der Waals surface area contributed by atoms with Crippen LogP contribution in [-0.4, -0.2) is 40.1 Å². The van der Waals surface area contributed by atoms with Crippen molar-refractivity contribution >= 4 is 31.4 Å². The van der Waals surface area contributed by atoms with E-state index >= 15 is 0 Å². The zero-order valence-corrected chi connectivity index (χ0v) is 14.2. The molecule has 0 aliphatic carbocycles. The number of carbonyl (C=O) groups excluding carboxylic acids is 2. The molecule has 1 aromatic rings. The molecule has 0 radical (unpaired) electrons. The van der Waals surface area contributed by atoms with Crippen LogP contribution in [0, 0.1) is 17.8 Å². The number of esters is 2. The van der Waals surface area contributed by atoms with E-state index in [1.54, 1.807) is 0 Å². The average Bonchev–Trinajstić information content (AvgIpc) is 2.49. The summed E-state index contributed by atoms with van der Waals surface area (Å²) in [7, 11) is 1.32. The van der Waals surface area contributed by atoms with Gasteiger partial charge in [-0.1, -0.05) is 0 Å². The van der Waals surface area contributed by atoms with Crippen molar-refractivity contribution in [2.75, 3.05) is 7.11 Å². The first kappa shape index (κ1) is 16.1. The molecule has 1 saturated heterocycles. The molecule has 0 spiro atoms. The minimum absolute atomic E-state index is 0.0195. The third-order valence-corrected chi connectivity index (χ3v) is 6.47. The number of hydrogen-bond acceptors (Lipinski definition) is 4. The van der Waals surface area contributed by atoms with E-state index in [-0.39, 0.29) is 32.9 Å². The van der Waals surface area contributed by atoms with Crippen LogP contribution in [0.1, 0.15) is 13.8 Å². The molecular formula is C16H20O4Se. The van der Waals surface area contributed by atoms with Gasteiger partial charge in [0, 0.05) is 0 Å². The molecule has 2 unspecified atom stereocenters. The monoisotopic (exact) mass is 356 g/mol. The van der Waals surface area contributed by atoms with Crippen molar-refractivity contribution in [1.82, 2.24) is 0 Å². The summed E-state index contributed by atoms with van der Waals surface area (Å²) >= 11 is 0.226. The third kappa shape index (κ3) is 3.66. The van der Waals surface area contributed by atoms with Crippen LogP contribution in [-0.2, 0) is 19.1 Å². The first-order valence-electron chi connectivity index (χ1n) is 7.00. The number of hydrogen-bond donors (Lipinski definition) is 0. The second kappa shape index (κ2) is 7.10. The van der Waals surface area contributed by atoms with Gasteiger partial charge in [-0.05, 0) is 0 Å². The summed E-state index contributed by atoms with van der Waals surface area (Å²) in [5.41, 5.74) is 0. The molecule has 21 heavy (non-hydrogen) atoms. The zero-order chi connectivity index (χ0) is 15.4. The number of carbonyl (C=O) groups is 2. The Labute approximate surface area is 131 Å². The van der Waals surface area contributed by atoms with Gasteiger partial charge in [0.1, 0.15) is 0 Å². The molecule has 0 saturated carbocycles. The minimum atomic E-state index is -0.785. The quantitative estimate of drug-likeness (QED) is 0.466. The van der Waals surface area contributed by atoms with Crippen LogP contribution >= 0.6 is 0 Å². The average molecular weight is 355 g/mol. The van der Waals surface area contributed by atoms with E-state index < -0.39 is 17.9 Å². The summed E-state index contributed by atoms with van der Waals surface area (Å²) in [6.07, 6.45) is -0.157. The van der Waals surface area contributed by atoms with E-state index in [0.29, 0.717) is 0 Å². The van der Waals surface area contributed by atoms with E-state index in [2.05, 4.69) is 12.1 Å². The Balaban J connectivity index is 2.14. The SMILES string of the molecule is COC(=O)C1C(=O)O[C@H](C)[C@H](C)C1C[Se]c1ccccc1. The Morgan fingerprint density at radius 1 is 1.29 bits per heavy atom. The molecule has 1 heterocycles. The van der Waals surface area contributed by atoms with Crippen LogP contribution in [0.15, 0.2) is 30.3 Å². The Bertz CT molecular complexity index is 502. The number of rotatable bonds is 4. The fourth-order valence-corrected chi connectivity index (χ4v) is 5.13. The summed E-state index contributed by atoms with van der Waals surface area (Å²) < 4.78 is 11.3. The molecule has 1 aromatic carbocycles. The summed E-state index contributed by atoms with van der Waals surface area (Å²) in [5, 5.41) is 0.831.